The zero-order chi connectivity index (χ0) is 12.3. The van der Waals surface area contributed by atoms with Crippen molar-refractivity contribution in [3.63, 3.8) is 0 Å². The van der Waals surface area contributed by atoms with E-state index in [0.29, 0.717) is 0 Å². The standard InChI is InChI=1S/C7H6Cl2N2O4S/c8-1-2-16(14,15)7-6(11(12)13)3-5(9)4-10-7/h3-4H,1-2H2. The number of nitro groups is 1. The molecule has 0 radical (unpaired) electrons. The van der Waals surface area contributed by atoms with Crippen LogP contribution in [0.25, 0.3) is 0 Å². The van der Waals surface area contributed by atoms with Gasteiger partial charge in [-0.3, -0.25) is 10.1 Å². The SMILES string of the molecule is O=[N+]([O-])c1cc(Cl)cnc1S(=O)(=O)CCCl. The molecule has 0 N–H and O–H groups in total. The van der Waals surface area contributed by atoms with E-state index in [1.165, 1.54) is 0 Å². The molecule has 0 fully saturated rings. The van der Waals surface area contributed by atoms with E-state index in [4.69, 9.17) is 23.2 Å². The summed E-state index contributed by atoms with van der Waals surface area (Å²) in [5.74, 6) is -0.576. The Kier molecular flexibility index (Phi) is 4.06. The van der Waals surface area contributed by atoms with E-state index < -0.39 is 31.2 Å². The molecule has 0 unspecified atom stereocenters. The van der Waals surface area contributed by atoms with E-state index in [0.717, 1.165) is 12.3 Å². The predicted molar refractivity (Wildman–Crippen MR) is 58.7 cm³/mol. The summed E-state index contributed by atoms with van der Waals surface area (Å²) in [6, 6.07) is 0.940. The van der Waals surface area contributed by atoms with Crippen molar-refractivity contribution in [2.45, 2.75) is 5.03 Å². The van der Waals surface area contributed by atoms with Gasteiger partial charge in [0.1, 0.15) is 0 Å². The predicted octanol–water partition coefficient (Wildman–Crippen LogP) is 1.66. The van der Waals surface area contributed by atoms with Gasteiger partial charge in [-0.25, -0.2) is 13.4 Å². The largest absolute Gasteiger partial charge is 0.308 e. The van der Waals surface area contributed by atoms with E-state index >= 15 is 0 Å². The maximum absolute atomic E-state index is 11.6. The molecule has 0 aliphatic heterocycles. The van der Waals surface area contributed by atoms with Crippen LogP contribution in [-0.2, 0) is 9.84 Å². The molecule has 0 aromatic carbocycles. The molecule has 6 nitrogen and oxygen atoms in total. The molecule has 1 aromatic rings. The molecule has 0 bridgehead atoms. The minimum absolute atomic E-state index is 0.00322. The highest BCUT2D eigenvalue weighted by Gasteiger charge is 2.27. The van der Waals surface area contributed by atoms with Crippen LogP contribution >= 0.6 is 23.2 Å². The molecule has 0 aliphatic carbocycles. The maximum Gasteiger partial charge on any atom is 0.308 e. The fraction of sp³-hybridized carbons (Fsp3) is 0.286. The maximum atomic E-state index is 11.6. The number of hydrogen-bond donors (Lipinski definition) is 0. The molecule has 1 rings (SSSR count). The van der Waals surface area contributed by atoms with Gasteiger partial charge in [-0.1, -0.05) is 11.6 Å². The number of rotatable bonds is 4. The smallest absolute Gasteiger partial charge is 0.258 e. The van der Waals surface area contributed by atoms with Gasteiger partial charge in [0.2, 0.25) is 14.9 Å². The number of aromatic nitrogens is 1. The minimum atomic E-state index is -3.85. The second kappa shape index (κ2) is 4.94. The molecular formula is C7H6Cl2N2O4S. The highest BCUT2D eigenvalue weighted by molar-refractivity contribution is 7.91. The molecule has 88 valence electrons. The van der Waals surface area contributed by atoms with E-state index in [2.05, 4.69) is 4.98 Å². The van der Waals surface area contributed by atoms with Crippen molar-refractivity contribution < 1.29 is 13.3 Å². The lowest BCUT2D eigenvalue weighted by Gasteiger charge is -2.02. The van der Waals surface area contributed by atoms with Crippen LogP contribution in [0.1, 0.15) is 0 Å². The summed E-state index contributed by atoms with van der Waals surface area (Å²) in [6.07, 6.45) is 1.04. The van der Waals surface area contributed by atoms with Gasteiger partial charge in [0.05, 0.1) is 15.7 Å². The summed E-state index contributed by atoms with van der Waals surface area (Å²) in [5.41, 5.74) is -0.641. The third-order valence-electron chi connectivity index (χ3n) is 1.64. The molecule has 0 saturated carbocycles. The molecule has 1 aromatic heterocycles. The first-order chi connectivity index (χ1) is 7.38. The van der Waals surface area contributed by atoms with Crippen molar-refractivity contribution in [1.82, 2.24) is 4.98 Å². The third kappa shape index (κ3) is 2.81. The topological polar surface area (TPSA) is 90.2 Å². The van der Waals surface area contributed by atoms with Crippen molar-refractivity contribution in [1.29, 1.82) is 0 Å². The quantitative estimate of drug-likeness (QED) is 0.476. The van der Waals surface area contributed by atoms with Gasteiger partial charge in [-0.2, -0.15) is 0 Å². The lowest BCUT2D eigenvalue weighted by atomic mass is 10.4. The van der Waals surface area contributed by atoms with Crippen LogP contribution < -0.4 is 0 Å². The van der Waals surface area contributed by atoms with Gasteiger partial charge in [0.25, 0.3) is 0 Å². The van der Waals surface area contributed by atoms with E-state index in [1.807, 2.05) is 0 Å². The molecule has 0 amide bonds. The van der Waals surface area contributed by atoms with Crippen molar-refractivity contribution in [2.24, 2.45) is 0 Å². The molecule has 9 heteroatoms. The van der Waals surface area contributed by atoms with Gasteiger partial charge in [-0.15, -0.1) is 11.6 Å². The van der Waals surface area contributed by atoms with Crippen molar-refractivity contribution >= 4 is 38.7 Å². The Morgan fingerprint density at radius 2 is 2.12 bits per heavy atom. The summed E-state index contributed by atoms with van der Waals surface area (Å²) >= 11 is 10.8. The number of sulfone groups is 1. The van der Waals surface area contributed by atoms with Gasteiger partial charge < -0.3 is 0 Å². The Labute approximate surface area is 101 Å². The first-order valence-electron chi connectivity index (χ1n) is 3.97. The number of hydrogen-bond acceptors (Lipinski definition) is 5. The first kappa shape index (κ1) is 13.1. The monoisotopic (exact) mass is 284 g/mol. The second-order valence-electron chi connectivity index (χ2n) is 2.74. The summed E-state index contributed by atoms with van der Waals surface area (Å²) in [6.45, 7) is 0. The van der Waals surface area contributed by atoms with E-state index in [9.17, 15) is 18.5 Å². The lowest BCUT2D eigenvalue weighted by molar-refractivity contribution is -0.388. The van der Waals surface area contributed by atoms with Crippen LogP contribution in [0.3, 0.4) is 0 Å². The average molecular weight is 285 g/mol. The molecule has 1 heterocycles. The van der Waals surface area contributed by atoms with E-state index in [-0.39, 0.29) is 10.9 Å². The zero-order valence-corrected chi connectivity index (χ0v) is 10.1. The first-order valence-corrected chi connectivity index (χ1v) is 6.53. The van der Waals surface area contributed by atoms with Gasteiger partial charge in [0.15, 0.2) is 0 Å². The Bertz CT molecular complexity index is 517. The lowest BCUT2D eigenvalue weighted by Crippen LogP contribution is -2.12. The molecule has 0 spiro atoms. The fourth-order valence-corrected chi connectivity index (χ4v) is 2.81. The average Bonchev–Trinajstić information content (AvgIpc) is 2.16. The fourth-order valence-electron chi connectivity index (χ4n) is 0.985. The Morgan fingerprint density at radius 3 is 2.62 bits per heavy atom. The summed E-state index contributed by atoms with van der Waals surface area (Å²) in [5, 5.41) is 10.0. The normalized spacial score (nSPS) is 11.4. The number of alkyl halides is 1. The summed E-state index contributed by atoms with van der Waals surface area (Å²) < 4.78 is 23.1. The van der Waals surface area contributed by atoms with Crippen molar-refractivity contribution in [3.8, 4) is 0 Å². The van der Waals surface area contributed by atoms with Gasteiger partial charge >= 0.3 is 5.69 Å². The van der Waals surface area contributed by atoms with Gasteiger partial charge in [-0.05, 0) is 0 Å². The Morgan fingerprint density at radius 1 is 1.50 bits per heavy atom. The second-order valence-corrected chi connectivity index (χ2v) is 5.58. The van der Waals surface area contributed by atoms with Crippen LogP contribution in [0.15, 0.2) is 17.3 Å². The van der Waals surface area contributed by atoms with E-state index in [1.54, 1.807) is 0 Å². The molecule has 0 aliphatic rings. The zero-order valence-electron chi connectivity index (χ0n) is 7.76. The van der Waals surface area contributed by atoms with Crippen LogP contribution in [-0.4, -0.2) is 30.0 Å². The van der Waals surface area contributed by atoms with Crippen LogP contribution in [0.5, 0.6) is 0 Å². The minimum Gasteiger partial charge on any atom is -0.258 e. The highest BCUT2D eigenvalue weighted by Crippen LogP contribution is 2.25. The third-order valence-corrected chi connectivity index (χ3v) is 3.90. The van der Waals surface area contributed by atoms with Crippen LogP contribution in [0.2, 0.25) is 5.02 Å². The molecule has 0 saturated heterocycles. The molecule has 16 heavy (non-hydrogen) atoms. The van der Waals surface area contributed by atoms with Crippen LogP contribution in [0, 0.1) is 10.1 Å². The molecular weight excluding hydrogens is 279 g/mol. The van der Waals surface area contributed by atoms with Crippen LogP contribution in [0.4, 0.5) is 5.69 Å². The number of nitrogens with zero attached hydrogens (tertiary/aromatic N) is 2. The molecule has 0 atom stereocenters. The van der Waals surface area contributed by atoms with Gasteiger partial charge in [0, 0.05) is 18.1 Å². The number of pyridine rings is 1. The van der Waals surface area contributed by atoms with Crippen molar-refractivity contribution in [2.75, 3.05) is 11.6 Å². The Balaban J connectivity index is 3.39. The Hall–Kier alpha value is -0.920. The summed E-state index contributed by atoms with van der Waals surface area (Å²) in [7, 11) is -3.85. The summed E-state index contributed by atoms with van der Waals surface area (Å²) in [4.78, 5) is 13.3. The number of halogens is 2. The van der Waals surface area contributed by atoms with Crippen molar-refractivity contribution in [3.05, 3.63) is 27.4 Å². The highest BCUT2D eigenvalue weighted by atomic mass is 35.5.